The lowest BCUT2D eigenvalue weighted by Gasteiger charge is -2.23. The van der Waals surface area contributed by atoms with Gasteiger partial charge in [-0.1, -0.05) is 12.8 Å². The molecule has 0 bridgehead atoms. The third-order valence-corrected chi connectivity index (χ3v) is 3.05. The lowest BCUT2D eigenvalue weighted by atomic mass is 9.91. The fraction of sp³-hybridized carbons (Fsp3) is 0.917. The minimum absolute atomic E-state index is 0.147. The molecule has 0 saturated carbocycles. The van der Waals surface area contributed by atoms with Crippen molar-refractivity contribution in [2.45, 2.75) is 46.0 Å². The summed E-state index contributed by atoms with van der Waals surface area (Å²) in [4.78, 5) is 2.52. The molecule has 80 valence electrons. The Balaban J connectivity index is 2.26. The first-order valence-corrected chi connectivity index (χ1v) is 5.78. The summed E-state index contributed by atoms with van der Waals surface area (Å²) in [6, 6.07) is 2.37. The second kappa shape index (κ2) is 5.36. The summed E-state index contributed by atoms with van der Waals surface area (Å²) in [7, 11) is 0. The van der Waals surface area contributed by atoms with E-state index in [2.05, 4.69) is 11.0 Å². The summed E-state index contributed by atoms with van der Waals surface area (Å²) in [5.74, 6) is 0. The van der Waals surface area contributed by atoms with Crippen molar-refractivity contribution >= 4 is 0 Å². The molecule has 1 aliphatic heterocycles. The van der Waals surface area contributed by atoms with Crippen LogP contribution in [0.15, 0.2) is 0 Å². The molecule has 1 rings (SSSR count). The van der Waals surface area contributed by atoms with Crippen LogP contribution in [-0.2, 0) is 0 Å². The van der Waals surface area contributed by atoms with E-state index in [9.17, 15) is 0 Å². The first-order chi connectivity index (χ1) is 6.64. The number of hydrogen-bond donors (Lipinski definition) is 0. The first kappa shape index (κ1) is 11.5. The van der Waals surface area contributed by atoms with Crippen molar-refractivity contribution in [2.75, 3.05) is 19.6 Å². The van der Waals surface area contributed by atoms with Crippen LogP contribution in [0.25, 0.3) is 0 Å². The Morgan fingerprint density at radius 1 is 1.14 bits per heavy atom. The molecule has 0 aromatic rings. The summed E-state index contributed by atoms with van der Waals surface area (Å²) in [6.07, 6.45) is 6.46. The van der Waals surface area contributed by atoms with E-state index < -0.39 is 0 Å². The van der Waals surface area contributed by atoms with Gasteiger partial charge in [-0.25, -0.2) is 0 Å². The summed E-state index contributed by atoms with van der Waals surface area (Å²) in [5, 5.41) is 8.91. The van der Waals surface area contributed by atoms with Crippen LogP contribution < -0.4 is 0 Å². The van der Waals surface area contributed by atoms with Crippen LogP contribution in [0.4, 0.5) is 0 Å². The van der Waals surface area contributed by atoms with Gasteiger partial charge in [0.1, 0.15) is 0 Å². The molecular weight excluding hydrogens is 172 g/mol. The van der Waals surface area contributed by atoms with Crippen molar-refractivity contribution in [1.82, 2.24) is 4.90 Å². The molecule has 2 nitrogen and oxygen atoms in total. The molecule has 14 heavy (non-hydrogen) atoms. The van der Waals surface area contributed by atoms with Crippen LogP contribution >= 0.6 is 0 Å². The Hall–Kier alpha value is -0.550. The van der Waals surface area contributed by atoms with E-state index in [1.54, 1.807) is 0 Å². The number of rotatable bonds is 3. The number of nitrogens with zero attached hydrogens (tertiary/aromatic N) is 2. The maximum atomic E-state index is 8.91. The molecule has 1 saturated heterocycles. The molecule has 0 N–H and O–H groups in total. The number of likely N-dealkylation sites (tertiary alicyclic amines) is 1. The molecule has 1 heterocycles. The zero-order valence-electron chi connectivity index (χ0n) is 9.55. The molecule has 2 heteroatoms. The molecule has 0 aliphatic carbocycles. The summed E-state index contributed by atoms with van der Waals surface area (Å²) >= 11 is 0. The highest BCUT2D eigenvalue weighted by Crippen LogP contribution is 2.20. The van der Waals surface area contributed by atoms with Gasteiger partial charge in [-0.2, -0.15) is 5.26 Å². The fourth-order valence-corrected chi connectivity index (χ4v) is 1.85. The van der Waals surface area contributed by atoms with Gasteiger partial charge in [0, 0.05) is 0 Å². The van der Waals surface area contributed by atoms with E-state index in [0.29, 0.717) is 0 Å². The van der Waals surface area contributed by atoms with Gasteiger partial charge in [0.25, 0.3) is 0 Å². The average Bonchev–Trinajstić information content (AvgIpc) is 2.43. The monoisotopic (exact) mass is 194 g/mol. The number of nitriles is 1. The molecule has 0 amide bonds. The summed E-state index contributed by atoms with van der Waals surface area (Å²) < 4.78 is 0. The maximum absolute atomic E-state index is 8.91. The van der Waals surface area contributed by atoms with Crippen LogP contribution in [0, 0.1) is 16.7 Å². The zero-order chi connectivity index (χ0) is 10.4. The van der Waals surface area contributed by atoms with Crippen molar-refractivity contribution in [2.24, 2.45) is 5.41 Å². The zero-order valence-corrected chi connectivity index (χ0v) is 9.55. The lowest BCUT2D eigenvalue weighted by Crippen LogP contribution is -2.28. The van der Waals surface area contributed by atoms with Crippen LogP contribution in [0.1, 0.15) is 46.0 Å². The van der Waals surface area contributed by atoms with E-state index >= 15 is 0 Å². The normalized spacial score (nSPS) is 20.1. The van der Waals surface area contributed by atoms with Crippen molar-refractivity contribution in [3.63, 3.8) is 0 Å². The van der Waals surface area contributed by atoms with Gasteiger partial charge in [0.05, 0.1) is 11.5 Å². The van der Waals surface area contributed by atoms with Crippen LogP contribution in [-0.4, -0.2) is 24.5 Å². The third kappa shape index (κ3) is 4.11. The van der Waals surface area contributed by atoms with Crippen LogP contribution in [0.5, 0.6) is 0 Å². The highest BCUT2D eigenvalue weighted by atomic mass is 15.1. The van der Waals surface area contributed by atoms with Gasteiger partial charge in [-0.15, -0.1) is 0 Å². The Morgan fingerprint density at radius 2 is 1.71 bits per heavy atom. The lowest BCUT2D eigenvalue weighted by molar-refractivity contribution is 0.250. The molecule has 1 fully saturated rings. The van der Waals surface area contributed by atoms with E-state index in [0.717, 1.165) is 13.0 Å². The van der Waals surface area contributed by atoms with Crippen LogP contribution in [0.3, 0.4) is 0 Å². The highest BCUT2D eigenvalue weighted by Gasteiger charge is 2.18. The Labute approximate surface area is 87.9 Å². The van der Waals surface area contributed by atoms with E-state index in [1.165, 1.54) is 38.8 Å². The number of hydrogen-bond acceptors (Lipinski definition) is 2. The maximum Gasteiger partial charge on any atom is 0.0684 e. The van der Waals surface area contributed by atoms with Gasteiger partial charge in [-0.05, 0) is 52.7 Å². The standard InChI is InChI=1S/C12H22N2/c1-12(2,11-13)7-10-14-8-5-3-4-6-9-14/h3-10H2,1-2H3. The largest absolute Gasteiger partial charge is 0.303 e. The Bertz CT molecular complexity index is 195. The van der Waals surface area contributed by atoms with Gasteiger partial charge >= 0.3 is 0 Å². The molecule has 0 spiro atoms. The third-order valence-electron chi connectivity index (χ3n) is 3.05. The molecule has 0 atom stereocenters. The van der Waals surface area contributed by atoms with Gasteiger partial charge in [0.2, 0.25) is 0 Å². The predicted molar refractivity (Wildman–Crippen MR) is 58.9 cm³/mol. The predicted octanol–water partition coefficient (Wildman–Crippen LogP) is 2.80. The van der Waals surface area contributed by atoms with Gasteiger partial charge in [-0.3, -0.25) is 0 Å². The molecule has 1 aliphatic rings. The van der Waals surface area contributed by atoms with Crippen molar-refractivity contribution in [3.05, 3.63) is 0 Å². The topological polar surface area (TPSA) is 27.0 Å². The molecule has 0 aromatic heterocycles. The Morgan fingerprint density at radius 3 is 2.21 bits per heavy atom. The molecular formula is C12H22N2. The minimum atomic E-state index is -0.147. The quantitative estimate of drug-likeness (QED) is 0.690. The second-order valence-electron chi connectivity index (χ2n) is 5.00. The van der Waals surface area contributed by atoms with Crippen molar-refractivity contribution in [1.29, 1.82) is 5.26 Å². The molecule has 0 radical (unpaired) electrons. The van der Waals surface area contributed by atoms with E-state index in [4.69, 9.17) is 5.26 Å². The van der Waals surface area contributed by atoms with E-state index in [-0.39, 0.29) is 5.41 Å². The summed E-state index contributed by atoms with van der Waals surface area (Å²) in [5.41, 5.74) is -0.147. The molecule has 0 aromatic carbocycles. The van der Waals surface area contributed by atoms with Gasteiger partial charge in [0.15, 0.2) is 0 Å². The fourth-order valence-electron chi connectivity index (χ4n) is 1.85. The molecule has 0 unspecified atom stereocenters. The smallest absolute Gasteiger partial charge is 0.0684 e. The first-order valence-electron chi connectivity index (χ1n) is 5.78. The van der Waals surface area contributed by atoms with Gasteiger partial charge < -0.3 is 4.90 Å². The van der Waals surface area contributed by atoms with E-state index in [1.807, 2.05) is 13.8 Å². The minimum Gasteiger partial charge on any atom is -0.303 e. The van der Waals surface area contributed by atoms with Crippen LogP contribution in [0.2, 0.25) is 0 Å². The van der Waals surface area contributed by atoms with Crippen molar-refractivity contribution < 1.29 is 0 Å². The highest BCUT2D eigenvalue weighted by molar-refractivity contribution is 4.92. The summed E-state index contributed by atoms with van der Waals surface area (Å²) in [6.45, 7) is 7.64. The average molecular weight is 194 g/mol. The Kier molecular flexibility index (Phi) is 4.41. The second-order valence-corrected chi connectivity index (χ2v) is 5.00. The van der Waals surface area contributed by atoms with Crippen molar-refractivity contribution in [3.8, 4) is 6.07 Å². The SMILES string of the molecule is CC(C)(C#N)CCN1CCCCCC1.